The first kappa shape index (κ1) is 17.8. The van der Waals surface area contributed by atoms with Gasteiger partial charge in [-0.25, -0.2) is 0 Å². The van der Waals surface area contributed by atoms with Gasteiger partial charge in [0.1, 0.15) is 12.4 Å². The molecule has 126 valence electrons. The zero-order valence-electron chi connectivity index (χ0n) is 13.3. The number of hydrogen-bond acceptors (Lipinski definition) is 3. The summed E-state index contributed by atoms with van der Waals surface area (Å²) in [6, 6.07) is 14.2. The van der Waals surface area contributed by atoms with Gasteiger partial charge < -0.3 is 15.4 Å². The third kappa shape index (κ3) is 5.93. The number of carbonyl (C=O) groups excluding carboxylic acids is 2. The fourth-order valence-electron chi connectivity index (χ4n) is 2.02. The van der Waals surface area contributed by atoms with E-state index in [2.05, 4.69) is 10.6 Å². The summed E-state index contributed by atoms with van der Waals surface area (Å²) in [4.78, 5) is 23.6. The van der Waals surface area contributed by atoms with Gasteiger partial charge in [-0.3, -0.25) is 9.59 Å². The maximum atomic E-state index is 11.9. The van der Waals surface area contributed by atoms with Crippen molar-refractivity contribution in [3.8, 4) is 5.75 Å². The monoisotopic (exact) mass is 346 g/mol. The van der Waals surface area contributed by atoms with Gasteiger partial charge >= 0.3 is 0 Å². The van der Waals surface area contributed by atoms with Crippen LogP contribution in [0.3, 0.4) is 0 Å². The van der Waals surface area contributed by atoms with Crippen molar-refractivity contribution in [1.82, 2.24) is 10.6 Å². The third-order valence-corrected chi connectivity index (χ3v) is 3.41. The quantitative estimate of drug-likeness (QED) is 0.757. The molecule has 0 radical (unpaired) electrons. The van der Waals surface area contributed by atoms with E-state index in [-0.39, 0.29) is 18.4 Å². The highest BCUT2D eigenvalue weighted by Crippen LogP contribution is 2.12. The molecule has 0 aliphatic rings. The Bertz CT molecular complexity index is 719. The molecule has 2 rings (SSSR count). The number of rotatable bonds is 7. The number of hydrogen-bond donors (Lipinski definition) is 2. The predicted octanol–water partition coefficient (Wildman–Crippen LogP) is 2.57. The number of benzene rings is 2. The number of aryl methyl sites for hydroxylation is 1. The normalized spacial score (nSPS) is 10.1. The van der Waals surface area contributed by atoms with Gasteiger partial charge in [0.05, 0.1) is 13.1 Å². The minimum absolute atomic E-state index is 0.101. The average Bonchev–Trinajstić information content (AvgIpc) is 2.56. The van der Waals surface area contributed by atoms with Crippen LogP contribution in [-0.4, -0.2) is 31.5 Å². The van der Waals surface area contributed by atoms with Crippen LogP contribution in [-0.2, 0) is 4.79 Å². The Morgan fingerprint density at radius 1 is 1.08 bits per heavy atom. The van der Waals surface area contributed by atoms with Crippen LogP contribution in [0.1, 0.15) is 15.9 Å². The first-order chi connectivity index (χ1) is 11.5. The molecule has 0 spiro atoms. The van der Waals surface area contributed by atoms with Gasteiger partial charge in [0.15, 0.2) is 0 Å². The third-order valence-electron chi connectivity index (χ3n) is 3.18. The molecule has 2 aromatic carbocycles. The fraction of sp³-hybridized carbons (Fsp3) is 0.222. The lowest BCUT2D eigenvalue weighted by Gasteiger charge is -2.09. The van der Waals surface area contributed by atoms with E-state index in [0.717, 1.165) is 11.3 Å². The van der Waals surface area contributed by atoms with E-state index in [1.54, 1.807) is 24.3 Å². The van der Waals surface area contributed by atoms with Crippen molar-refractivity contribution < 1.29 is 14.3 Å². The fourth-order valence-corrected chi connectivity index (χ4v) is 2.21. The Morgan fingerprint density at radius 3 is 2.62 bits per heavy atom. The molecule has 0 saturated heterocycles. The van der Waals surface area contributed by atoms with Crippen LogP contribution in [0.15, 0.2) is 48.5 Å². The second kappa shape index (κ2) is 8.93. The summed E-state index contributed by atoms with van der Waals surface area (Å²) in [7, 11) is 0. The van der Waals surface area contributed by atoms with Crippen molar-refractivity contribution in [1.29, 1.82) is 0 Å². The molecular formula is C18H19ClN2O3. The van der Waals surface area contributed by atoms with E-state index < -0.39 is 0 Å². The first-order valence-corrected chi connectivity index (χ1v) is 7.92. The number of amides is 2. The molecule has 0 aliphatic carbocycles. The highest BCUT2D eigenvalue weighted by molar-refractivity contribution is 6.30. The molecule has 0 bridgehead atoms. The zero-order chi connectivity index (χ0) is 17.4. The molecular weight excluding hydrogens is 328 g/mol. The van der Waals surface area contributed by atoms with Crippen LogP contribution in [0.2, 0.25) is 5.02 Å². The van der Waals surface area contributed by atoms with Crippen molar-refractivity contribution in [3.05, 3.63) is 64.7 Å². The van der Waals surface area contributed by atoms with Crippen molar-refractivity contribution in [2.75, 3.05) is 19.7 Å². The second-order valence-corrected chi connectivity index (χ2v) is 5.64. The van der Waals surface area contributed by atoms with E-state index >= 15 is 0 Å². The largest absolute Gasteiger partial charge is 0.492 e. The summed E-state index contributed by atoms with van der Waals surface area (Å²) in [6.07, 6.45) is 0. The summed E-state index contributed by atoms with van der Waals surface area (Å²) in [5.74, 6) is 0.139. The molecule has 0 fully saturated rings. The van der Waals surface area contributed by atoms with Crippen LogP contribution in [0.4, 0.5) is 0 Å². The summed E-state index contributed by atoms with van der Waals surface area (Å²) in [5.41, 5.74) is 1.53. The molecule has 2 aromatic rings. The van der Waals surface area contributed by atoms with Gasteiger partial charge in [0.25, 0.3) is 5.91 Å². The van der Waals surface area contributed by atoms with Crippen molar-refractivity contribution in [2.24, 2.45) is 0 Å². The lowest BCUT2D eigenvalue weighted by molar-refractivity contribution is -0.120. The smallest absolute Gasteiger partial charge is 0.251 e. The lowest BCUT2D eigenvalue weighted by atomic mass is 10.2. The van der Waals surface area contributed by atoms with Gasteiger partial charge in [0.2, 0.25) is 5.91 Å². The molecule has 0 atom stereocenters. The number of ether oxygens (including phenoxy) is 1. The molecule has 0 saturated carbocycles. The average molecular weight is 347 g/mol. The van der Waals surface area contributed by atoms with Gasteiger partial charge in [-0.2, -0.15) is 0 Å². The highest BCUT2D eigenvalue weighted by Gasteiger charge is 2.08. The van der Waals surface area contributed by atoms with Crippen LogP contribution in [0.25, 0.3) is 0 Å². The minimum atomic E-state index is -0.344. The number of halogens is 1. The zero-order valence-corrected chi connectivity index (χ0v) is 14.1. The molecule has 0 heterocycles. The molecule has 2 amide bonds. The summed E-state index contributed by atoms with van der Waals surface area (Å²) in [6.45, 7) is 2.60. The van der Waals surface area contributed by atoms with Gasteiger partial charge in [0, 0.05) is 10.6 Å². The van der Waals surface area contributed by atoms with Crippen LogP contribution in [0.5, 0.6) is 5.75 Å². The van der Waals surface area contributed by atoms with Gasteiger partial charge in [-0.15, -0.1) is 0 Å². The van der Waals surface area contributed by atoms with E-state index in [1.165, 1.54) is 0 Å². The molecule has 6 heteroatoms. The van der Waals surface area contributed by atoms with Gasteiger partial charge in [-0.1, -0.05) is 29.8 Å². The van der Waals surface area contributed by atoms with E-state index in [0.29, 0.717) is 23.7 Å². The van der Waals surface area contributed by atoms with Crippen LogP contribution >= 0.6 is 11.6 Å². The Balaban J connectivity index is 1.65. The molecule has 0 unspecified atom stereocenters. The lowest BCUT2D eigenvalue weighted by Crippen LogP contribution is -2.38. The second-order valence-electron chi connectivity index (χ2n) is 5.21. The maximum Gasteiger partial charge on any atom is 0.251 e. The van der Waals surface area contributed by atoms with Crippen LogP contribution < -0.4 is 15.4 Å². The highest BCUT2D eigenvalue weighted by atomic mass is 35.5. The molecule has 24 heavy (non-hydrogen) atoms. The van der Waals surface area contributed by atoms with Gasteiger partial charge in [-0.05, 0) is 42.8 Å². The van der Waals surface area contributed by atoms with E-state index in [1.807, 2.05) is 31.2 Å². The van der Waals surface area contributed by atoms with Crippen molar-refractivity contribution in [2.45, 2.75) is 6.92 Å². The topological polar surface area (TPSA) is 67.4 Å². The number of carbonyl (C=O) groups is 2. The molecule has 0 aliphatic heterocycles. The summed E-state index contributed by atoms with van der Waals surface area (Å²) >= 11 is 5.82. The summed E-state index contributed by atoms with van der Waals surface area (Å²) in [5, 5.41) is 5.70. The Hall–Kier alpha value is -2.53. The van der Waals surface area contributed by atoms with E-state index in [4.69, 9.17) is 16.3 Å². The van der Waals surface area contributed by atoms with E-state index in [9.17, 15) is 9.59 Å². The van der Waals surface area contributed by atoms with Crippen molar-refractivity contribution in [3.63, 3.8) is 0 Å². The van der Waals surface area contributed by atoms with Crippen LogP contribution in [0, 0.1) is 6.92 Å². The standard InChI is InChI=1S/C18H19ClN2O3/c1-13-4-2-7-16(10-13)24-9-8-20-17(22)12-21-18(23)14-5-3-6-15(19)11-14/h2-7,10-11H,8-9,12H2,1H3,(H,20,22)(H,21,23). The Labute approximate surface area is 146 Å². The Kier molecular flexibility index (Phi) is 6.63. The Morgan fingerprint density at radius 2 is 1.88 bits per heavy atom. The summed E-state index contributed by atoms with van der Waals surface area (Å²) < 4.78 is 5.53. The molecule has 2 N–H and O–H groups in total. The van der Waals surface area contributed by atoms with Crippen molar-refractivity contribution >= 4 is 23.4 Å². The minimum Gasteiger partial charge on any atom is -0.492 e. The number of nitrogens with one attached hydrogen (secondary N) is 2. The molecule has 0 aromatic heterocycles. The predicted molar refractivity (Wildman–Crippen MR) is 93.5 cm³/mol. The maximum absolute atomic E-state index is 11.9. The molecule has 5 nitrogen and oxygen atoms in total. The SMILES string of the molecule is Cc1cccc(OCCNC(=O)CNC(=O)c2cccc(Cl)c2)c1. The first-order valence-electron chi connectivity index (χ1n) is 7.54.